The molecule has 1 unspecified atom stereocenters. The van der Waals surface area contributed by atoms with Crippen molar-refractivity contribution >= 4 is 5.91 Å². The average Bonchev–Trinajstić information content (AvgIpc) is 2.43. The van der Waals surface area contributed by atoms with Gasteiger partial charge in [0, 0.05) is 13.1 Å². The highest BCUT2D eigenvalue weighted by atomic mass is 16.2. The van der Waals surface area contributed by atoms with E-state index in [1.54, 1.807) is 0 Å². The molecule has 20 heavy (non-hydrogen) atoms. The number of rotatable bonds is 8. The van der Waals surface area contributed by atoms with Gasteiger partial charge in [-0.1, -0.05) is 45.0 Å². The van der Waals surface area contributed by atoms with E-state index < -0.39 is 0 Å². The van der Waals surface area contributed by atoms with Gasteiger partial charge in [-0.05, 0) is 36.8 Å². The van der Waals surface area contributed by atoms with E-state index in [-0.39, 0.29) is 11.9 Å². The van der Waals surface area contributed by atoms with Gasteiger partial charge < -0.3 is 10.6 Å². The van der Waals surface area contributed by atoms with Crippen LogP contribution in [0.3, 0.4) is 0 Å². The zero-order chi connectivity index (χ0) is 15.0. The molecule has 3 heteroatoms. The lowest BCUT2D eigenvalue weighted by Gasteiger charge is -2.14. The summed E-state index contributed by atoms with van der Waals surface area (Å²) in [6.07, 6.45) is 2.08. The molecule has 0 fully saturated rings. The van der Waals surface area contributed by atoms with Gasteiger partial charge in [-0.3, -0.25) is 4.79 Å². The molecule has 0 saturated carbocycles. The van der Waals surface area contributed by atoms with E-state index in [9.17, 15) is 4.79 Å². The highest BCUT2D eigenvalue weighted by Gasteiger charge is 2.10. The van der Waals surface area contributed by atoms with Gasteiger partial charge in [0.1, 0.15) is 0 Å². The second kappa shape index (κ2) is 8.75. The molecule has 0 radical (unpaired) electrons. The van der Waals surface area contributed by atoms with E-state index >= 15 is 0 Å². The van der Waals surface area contributed by atoms with E-state index in [0.29, 0.717) is 5.92 Å². The number of carbonyl (C=O) groups excluding carboxylic acids is 1. The van der Waals surface area contributed by atoms with Crippen LogP contribution in [-0.4, -0.2) is 18.5 Å². The summed E-state index contributed by atoms with van der Waals surface area (Å²) in [6, 6.07) is 8.48. The van der Waals surface area contributed by atoms with Crippen LogP contribution in [0.1, 0.15) is 45.2 Å². The first-order chi connectivity index (χ1) is 9.52. The van der Waals surface area contributed by atoms with Gasteiger partial charge in [0.15, 0.2) is 0 Å². The Labute approximate surface area is 123 Å². The fourth-order valence-corrected chi connectivity index (χ4v) is 2.03. The van der Waals surface area contributed by atoms with Gasteiger partial charge >= 0.3 is 0 Å². The Bertz CT molecular complexity index is 398. The maximum absolute atomic E-state index is 11.7. The zero-order valence-electron chi connectivity index (χ0n) is 13.2. The van der Waals surface area contributed by atoms with Crippen LogP contribution in [-0.2, 0) is 17.8 Å². The van der Waals surface area contributed by atoms with Gasteiger partial charge in [-0.2, -0.15) is 0 Å². The first kappa shape index (κ1) is 16.7. The summed E-state index contributed by atoms with van der Waals surface area (Å²) in [4.78, 5) is 11.7. The van der Waals surface area contributed by atoms with E-state index in [1.807, 2.05) is 6.92 Å². The number of hydrogen-bond acceptors (Lipinski definition) is 2. The third-order valence-electron chi connectivity index (χ3n) is 3.22. The highest BCUT2D eigenvalue weighted by Crippen LogP contribution is 2.09. The van der Waals surface area contributed by atoms with E-state index in [4.69, 9.17) is 0 Å². The molecule has 1 amide bonds. The van der Waals surface area contributed by atoms with Crippen LogP contribution in [0.4, 0.5) is 0 Å². The van der Waals surface area contributed by atoms with Gasteiger partial charge in [0.2, 0.25) is 5.91 Å². The van der Waals surface area contributed by atoms with E-state index in [0.717, 1.165) is 25.9 Å². The lowest BCUT2D eigenvalue weighted by molar-refractivity contribution is -0.122. The smallest absolute Gasteiger partial charge is 0.236 e. The van der Waals surface area contributed by atoms with Crippen molar-refractivity contribution in [3.05, 3.63) is 35.4 Å². The Morgan fingerprint density at radius 3 is 2.25 bits per heavy atom. The molecular formula is C17H28N2O. The Kier molecular flexibility index (Phi) is 7.31. The molecule has 0 aliphatic rings. The molecule has 0 aliphatic carbocycles. The minimum Gasteiger partial charge on any atom is -0.355 e. The summed E-state index contributed by atoms with van der Waals surface area (Å²) < 4.78 is 0. The predicted molar refractivity (Wildman–Crippen MR) is 84.6 cm³/mol. The van der Waals surface area contributed by atoms with Crippen molar-refractivity contribution in [3.63, 3.8) is 0 Å². The van der Waals surface area contributed by atoms with Crippen molar-refractivity contribution in [1.82, 2.24) is 10.6 Å². The van der Waals surface area contributed by atoms with Crippen LogP contribution in [0.15, 0.2) is 24.3 Å². The SMILES string of the molecule is CCCNC(=O)C(C)NCc1ccc(CC(C)C)cc1. The molecule has 112 valence electrons. The molecule has 0 aliphatic heterocycles. The topological polar surface area (TPSA) is 41.1 Å². The summed E-state index contributed by atoms with van der Waals surface area (Å²) in [5.74, 6) is 0.754. The van der Waals surface area contributed by atoms with Gasteiger partial charge in [0.25, 0.3) is 0 Å². The Morgan fingerprint density at radius 1 is 1.10 bits per heavy atom. The standard InChI is InChI=1S/C17H28N2O/c1-5-10-18-17(20)14(4)19-12-16-8-6-15(7-9-16)11-13(2)3/h6-9,13-14,19H,5,10-12H2,1-4H3,(H,18,20). The van der Waals surface area contributed by atoms with Gasteiger partial charge in [0.05, 0.1) is 6.04 Å². The molecule has 0 heterocycles. The fraction of sp³-hybridized carbons (Fsp3) is 0.588. The van der Waals surface area contributed by atoms with Gasteiger partial charge in [-0.15, -0.1) is 0 Å². The second-order valence-corrected chi connectivity index (χ2v) is 5.81. The zero-order valence-corrected chi connectivity index (χ0v) is 13.2. The van der Waals surface area contributed by atoms with Crippen LogP contribution < -0.4 is 10.6 Å². The lowest BCUT2D eigenvalue weighted by Crippen LogP contribution is -2.42. The van der Waals surface area contributed by atoms with Crippen molar-refractivity contribution in [2.24, 2.45) is 5.92 Å². The summed E-state index contributed by atoms with van der Waals surface area (Å²) in [5, 5.41) is 6.15. The number of nitrogens with one attached hydrogen (secondary N) is 2. The normalized spacial score (nSPS) is 12.4. The quantitative estimate of drug-likeness (QED) is 0.766. The summed E-state index contributed by atoms with van der Waals surface area (Å²) in [7, 11) is 0. The molecule has 0 aromatic heterocycles. The molecule has 1 atom stereocenters. The van der Waals surface area contributed by atoms with Crippen molar-refractivity contribution in [2.45, 2.75) is 53.1 Å². The fourth-order valence-electron chi connectivity index (χ4n) is 2.03. The first-order valence-corrected chi connectivity index (χ1v) is 7.61. The van der Waals surface area contributed by atoms with Gasteiger partial charge in [-0.25, -0.2) is 0 Å². The van der Waals surface area contributed by atoms with E-state index in [1.165, 1.54) is 11.1 Å². The van der Waals surface area contributed by atoms with Crippen molar-refractivity contribution in [2.75, 3.05) is 6.54 Å². The van der Waals surface area contributed by atoms with Crippen LogP contribution in [0, 0.1) is 5.92 Å². The largest absolute Gasteiger partial charge is 0.355 e. The maximum Gasteiger partial charge on any atom is 0.236 e. The summed E-state index contributed by atoms with van der Waals surface area (Å²) in [5.41, 5.74) is 2.59. The summed E-state index contributed by atoms with van der Waals surface area (Å²) >= 11 is 0. The average molecular weight is 276 g/mol. The second-order valence-electron chi connectivity index (χ2n) is 5.81. The van der Waals surface area contributed by atoms with Crippen molar-refractivity contribution in [3.8, 4) is 0 Å². The molecule has 0 bridgehead atoms. The Hall–Kier alpha value is -1.35. The van der Waals surface area contributed by atoms with E-state index in [2.05, 4.69) is 55.7 Å². The van der Waals surface area contributed by atoms with Crippen LogP contribution in [0.25, 0.3) is 0 Å². The predicted octanol–water partition coefficient (Wildman–Crippen LogP) is 2.89. The minimum atomic E-state index is -0.156. The molecule has 3 nitrogen and oxygen atoms in total. The molecule has 0 spiro atoms. The monoisotopic (exact) mass is 276 g/mol. The Morgan fingerprint density at radius 2 is 1.70 bits per heavy atom. The third kappa shape index (κ3) is 6.20. The molecule has 1 aromatic carbocycles. The summed E-state index contributed by atoms with van der Waals surface area (Å²) in [6.45, 7) is 9.88. The molecule has 1 rings (SSSR count). The first-order valence-electron chi connectivity index (χ1n) is 7.61. The van der Waals surface area contributed by atoms with Crippen molar-refractivity contribution < 1.29 is 4.79 Å². The number of hydrogen-bond donors (Lipinski definition) is 2. The number of amides is 1. The maximum atomic E-state index is 11.7. The molecule has 2 N–H and O–H groups in total. The molecule has 0 saturated heterocycles. The number of benzene rings is 1. The minimum absolute atomic E-state index is 0.0725. The molecular weight excluding hydrogens is 248 g/mol. The molecule has 1 aromatic rings. The van der Waals surface area contributed by atoms with Crippen LogP contribution in [0.5, 0.6) is 0 Å². The van der Waals surface area contributed by atoms with Crippen molar-refractivity contribution in [1.29, 1.82) is 0 Å². The number of carbonyl (C=O) groups is 1. The highest BCUT2D eigenvalue weighted by molar-refractivity contribution is 5.81. The lowest BCUT2D eigenvalue weighted by atomic mass is 10.0. The Balaban J connectivity index is 2.39. The third-order valence-corrected chi connectivity index (χ3v) is 3.22. The van der Waals surface area contributed by atoms with Crippen LogP contribution >= 0.6 is 0 Å². The van der Waals surface area contributed by atoms with Crippen LogP contribution in [0.2, 0.25) is 0 Å².